The highest BCUT2D eigenvalue weighted by atomic mass is 16.7. The summed E-state index contributed by atoms with van der Waals surface area (Å²) in [4.78, 5) is 12.6. The van der Waals surface area contributed by atoms with Gasteiger partial charge in [0, 0.05) is 20.9 Å². The lowest BCUT2D eigenvalue weighted by Gasteiger charge is -2.20. The van der Waals surface area contributed by atoms with Crippen molar-refractivity contribution in [2.75, 3.05) is 13.6 Å². The van der Waals surface area contributed by atoms with E-state index in [1.807, 2.05) is 13.8 Å². The van der Waals surface area contributed by atoms with Gasteiger partial charge in [0.2, 0.25) is 11.7 Å². The molecular weight excluding hydrogens is 182 g/mol. The van der Waals surface area contributed by atoms with Crippen LogP contribution in [0.1, 0.15) is 13.8 Å². The van der Waals surface area contributed by atoms with Gasteiger partial charge in [0.05, 0.1) is 6.54 Å². The van der Waals surface area contributed by atoms with Crippen LogP contribution in [0.2, 0.25) is 0 Å². The Balaban J connectivity index is 2.47. The topological polar surface area (TPSA) is 38.8 Å². The second-order valence-corrected chi connectivity index (χ2v) is 3.60. The highest BCUT2D eigenvalue weighted by molar-refractivity contribution is 5.86. The summed E-state index contributed by atoms with van der Waals surface area (Å²) in [5.74, 6) is -0.111. The standard InChI is InChI=1S/C10H15NO3/c1-5-9(12)11(4)6-8-7-13-10(2,3)14-8/h5,7H,1,6H2,2-4H3. The molecule has 1 aliphatic heterocycles. The lowest BCUT2D eigenvalue weighted by Crippen LogP contribution is -2.28. The summed E-state index contributed by atoms with van der Waals surface area (Å²) < 4.78 is 10.6. The maximum absolute atomic E-state index is 11.1. The van der Waals surface area contributed by atoms with E-state index in [1.165, 1.54) is 17.2 Å². The lowest BCUT2D eigenvalue weighted by molar-refractivity contribution is -0.129. The van der Waals surface area contributed by atoms with Crippen LogP contribution in [0.3, 0.4) is 0 Å². The first-order valence-corrected chi connectivity index (χ1v) is 4.38. The van der Waals surface area contributed by atoms with Crippen molar-refractivity contribution < 1.29 is 14.3 Å². The van der Waals surface area contributed by atoms with E-state index in [2.05, 4.69) is 6.58 Å². The van der Waals surface area contributed by atoms with Gasteiger partial charge in [0.25, 0.3) is 0 Å². The van der Waals surface area contributed by atoms with E-state index in [0.29, 0.717) is 12.3 Å². The molecule has 4 heteroatoms. The van der Waals surface area contributed by atoms with Gasteiger partial charge < -0.3 is 14.4 Å². The molecule has 0 saturated carbocycles. The highest BCUT2D eigenvalue weighted by Gasteiger charge is 2.28. The highest BCUT2D eigenvalue weighted by Crippen LogP contribution is 2.24. The molecule has 78 valence electrons. The first kappa shape index (κ1) is 10.6. The summed E-state index contributed by atoms with van der Waals surface area (Å²) >= 11 is 0. The third kappa shape index (κ3) is 2.52. The number of nitrogens with zero attached hydrogens (tertiary/aromatic N) is 1. The van der Waals surface area contributed by atoms with Crippen molar-refractivity contribution in [2.24, 2.45) is 0 Å². The van der Waals surface area contributed by atoms with Gasteiger partial charge in [-0.05, 0) is 6.08 Å². The molecule has 0 aromatic carbocycles. The van der Waals surface area contributed by atoms with Gasteiger partial charge in [-0.1, -0.05) is 6.58 Å². The fourth-order valence-corrected chi connectivity index (χ4v) is 1.11. The minimum absolute atomic E-state index is 0.140. The van der Waals surface area contributed by atoms with Crippen LogP contribution in [0.15, 0.2) is 24.7 Å². The molecule has 4 nitrogen and oxygen atoms in total. The van der Waals surface area contributed by atoms with Crippen molar-refractivity contribution in [1.82, 2.24) is 4.90 Å². The van der Waals surface area contributed by atoms with Crippen LogP contribution in [0, 0.1) is 0 Å². The first-order valence-electron chi connectivity index (χ1n) is 4.38. The zero-order valence-electron chi connectivity index (χ0n) is 8.74. The second kappa shape index (κ2) is 3.74. The number of likely N-dealkylation sites (N-methyl/N-ethyl adjacent to an activating group) is 1. The fraction of sp³-hybridized carbons (Fsp3) is 0.500. The van der Waals surface area contributed by atoms with E-state index in [-0.39, 0.29) is 5.91 Å². The Kier molecular flexibility index (Phi) is 2.84. The van der Waals surface area contributed by atoms with Gasteiger partial charge in [-0.15, -0.1) is 0 Å². The van der Waals surface area contributed by atoms with Gasteiger partial charge in [-0.25, -0.2) is 0 Å². The molecule has 1 aliphatic rings. The first-order chi connectivity index (χ1) is 6.44. The molecule has 0 aliphatic carbocycles. The summed E-state index contributed by atoms with van der Waals surface area (Å²) in [6.45, 7) is 7.42. The Bertz CT molecular complexity index is 281. The molecule has 0 atom stereocenters. The van der Waals surface area contributed by atoms with Gasteiger partial charge >= 0.3 is 0 Å². The molecular formula is C10H15NO3. The predicted octanol–water partition coefficient (Wildman–Crippen LogP) is 1.26. The molecule has 0 aromatic heterocycles. The molecule has 0 saturated heterocycles. The second-order valence-electron chi connectivity index (χ2n) is 3.60. The Labute approximate surface area is 83.8 Å². The Morgan fingerprint density at radius 1 is 1.71 bits per heavy atom. The van der Waals surface area contributed by atoms with E-state index >= 15 is 0 Å². The van der Waals surface area contributed by atoms with Gasteiger partial charge in [-0.3, -0.25) is 4.79 Å². The van der Waals surface area contributed by atoms with E-state index < -0.39 is 5.79 Å². The Morgan fingerprint density at radius 3 is 2.79 bits per heavy atom. The molecule has 0 fully saturated rings. The average Bonchev–Trinajstić information content (AvgIpc) is 2.44. The fourth-order valence-electron chi connectivity index (χ4n) is 1.11. The average molecular weight is 197 g/mol. The van der Waals surface area contributed by atoms with E-state index in [4.69, 9.17) is 9.47 Å². The monoisotopic (exact) mass is 197 g/mol. The molecule has 0 unspecified atom stereocenters. The summed E-state index contributed by atoms with van der Waals surface area (Å²) in [7, 11) is 1.68. The molecule has 1 amide bonds. The maximum atomic E-state index is 11.1. The lowest BCUT2D eigenvalue weighted by atomic mass is 10.4. The molecule has 0 spiro atoms. The Morgan fingerprint density at radius 2 is 2.36 bits per heavy atom. The summed E-state index contributed by atoms with van der Waals surface area (Å²) in [5, 5.41) is 0. The molecule has 0 radical (unpaired) electrons. The van der Waals surface area contributed by atoms with Crippen molar-refractivity contribution in [2.45, 2.75) is 19.6 Å². The maximum Gasteiger partial charge on any atom is 0.246 e. The van der Waals surface area contributed by atoms with Crippen LogP contribution in [-0.4, -0.2) is 30.2 Å². The number of carbonyl (C=O) groups is 1. The van der Waals surface area contributed by atoms with Gasteiger partial charge in [-0.2, -0.15) is 0 Å². The minimum Gasteiger partial charge on any atom is -0.457 e. The normalized spacial score (nSPS) is 17.8. The molecule has 0 N–H and O–H groups in total. The summed E-state index contributed by atoms with van der Waals surface area (Å²) in [5.41, 5.74) is 0. The van der Waals surface area contributed by atoms with Crippen molar-refractivity contribution >= 4 is 5.91 Å². The van der Waals surface area contributed by atoms with E-state index in [0.717, 1.165) is 0 Å². The van der Waals surface area contributed by atoms with E-state index in [9.17, 15) is 4.79 Å². The van der Waals surface area contributed by atoms with Crippen molar-refractivity contribution in [3.8, 4) is 0 Å². The van der Waals surface area contributed by atoms with Crippen molar-refractivity contribution in [3.05, 3.63) is 24.7 Å². The zero-order valence-corrected chi connectivity index (χ0v) is 8.74. The molecule has 0 bridgehead atoms. The van der Waals surface area contributed by atoms with Crippen molar-refractivity contribution in [3.63, 3.8) is 0 Å². The van der Waals surface area contributed by atoms with Crippen LogP contribution in [0.4, 0.5) is 0 Å². The van der Waals surface area contributed by atoms with Gasteiger partial charge in [0.15, 0.2) is 5.76 Å². The predicted molar refractivity (Wildman–Crippen MR) is 52.2 cm³/mol. The molecule has 1 heterocycles. The van der Waals surface area contributed by atoms with Crippen LogP contribution in [0.25, 0.3) is 0 Å². The molecule has 14 heavy (non-hydrogen) atoms. The number of rotatable bonds is 3. The summed E-state index contributed by atoms with van der Waals surface area (Å²) in [6, 6.07) is 0. The van der Waals surface area contributed by atoms with E-state index in [1.54, 1.807) is 7.05 Å². The zero-order chi connectivity index (χ0) is 10.8. The SMILES string of the molecule is C=CC(=O)N(C)CC1=COC(C)(C)O1. The van der Waals surface area contributed by atoms with Crippen LogP contribution < -0.4 is 0 Å². The molecule has 1 rings (SSSR count). The smallest absolute Gasteiger partial charge is 0.246 e. The van der Waals surface area contributed by atoms with Crippen molar-refractivity contribution in [1.29, 1.82) is 0 Å². The van der Waals surface area contributed by atoms with Crippen LogP contribution in [0.5, 0.6) is 0 Å². The number of ether oxygens (including phenoxy) is 2. The Hall–Kier alpha value is -1.45. The summed E-state index contributed by atoms with van der Waals surface area (Å²) in [6.07, 6.45) is 2.80. The third-order valence-electron chi connectivity index (χ3n) is 1.79. The van der Waals surface area contributed by atoms with Crippen LogP contribution >= 0.6 is 0 Å². The number of hydrogen-bond acceptors (Lipinski definition) is 3. The number of carbonyl (C=O) groups excluding carboxylic acids is 1. The quantitative estimate of drug-likeness (QED) is 0.639. The number of hydrogen-bond donors (Lipinski definition) is 0. The molecule has 0 aromatic rings. The third-order valence-corrected chi connectivity index (χ3v) is 1.79. The number of amides is 1. The van der Waals surface area contributed by atoms with Crippen LogP contribution in [-0.2, 0) is 14.3 Å². The largest absolute Gasteiger partial charge is 0.457 e. The minimum atomic E-state index is -0.618. The van der Waals surface area contributed by atoms with Gasteiger partial charge in [0.1, 0.15) is 6.26 Å².